The summed E-state index contributed by atoms with van der Waals surface area (Å²) in [6.07, 6.45) is 3.84. The Kier molecular flexibility index (Phi) is 3.21. The molecule has 0 heterocycles. The van der Waals surface area contributed by atoms with Gasteiger partial charge in [-0.3, -0.25) is 0 Å². The SMILES string of the molecule is N#Cc1ccc2cccc3c2c1C1(CC3)CCc2cccc3ccc(C#N)c1c23. The molecule has 4 aromatic carbocycles. The maximum atomic E-state index is 10.0. The number of hydrogen-bond donors (Lipinski definition) is 0. The van der Waals surface area contributed by atoms with Crippen LogP contribution in [0.4, 0.5) is 0 Å². The highest BCUT2D eigenvalue weighted by molar-refractivity contribution is 5.98. The summed E-state index contributed by atoms with van der Waals surface area (Å²) < 4.78 is 0. The lowest BCUT2D eigenvalue weighted by molar-refractivity contribution is 0.426. The number of nitrogens with zero attached hydrogens (tertiary/aromatic N) is 2. The second-order valence-corrected chi connectivity index (χ2v) is 8.31. The lowest BCUT2D eigenvalue weighted by Gasteiger charge is -2.44. The van der Waals surface area contributed by atoms with Crippen LogP contribution in [-0.4, -0.2) is 0 Å². The number of fused-ring (bicyclic) bond motifs is 2. The fourth-order valence-corrected chi connectivity index (χ4v) is 5.95. The zero-order chi connectivity index (χ0) is 19.6. The van der Waals surface area contributed by atoms with Crippen molar-refractivity contribution in [3.8, 4) is 12.1 Å². The van der Waals surface area contributed by atoms with Gasteiger partial charge in [0, 0.05) is 5.41 Å². The summed E-state index contributed by atoms with van der Waals surface area (Å²) in [7, 11) is 0. The molecule has 0 bridgehead atoms. The molecular weight excluding hydrogens is 352 g/mol. The first-order valence-electron chi connectivity index (χ1n) is 10.2. The molecule has 2 aliphatic rings. The highest BCUT2D eigenvalue weighted by Gasteiger charge is 2.44. The van der Waals surface area contributed by atoms with Crippen LogP contribution in [0.2, 0.25) is 0 Å². The normalized spacial score (nSPS) is 15.9. The van der Waals surface area contributed by atoms with Crippen LogP contribution >= 0.6 is 0 Å². The first kappa shape index (κ1) is 16.3. The van der Waals surface area contributed by atoms with Crippen LogP contribution < -0.4 is 0 Å². The Labute approximate surface area is 169 Å². The molecule has 2 nitrogen and oxygen atoms in total. The maximum absolute atomic E-state index is 10.0. The summed E-state index contributed by atoms with van der Waals surface area (Å²) in [5.74, 6) is 0. The quantitative estimate of drug-likeness (QED) is 0.386. The lowest BCUT2D eigenvalue weighted by Crippen LogP contribution is -2.36. The Morgan fingerprint density at radius 2 is 1.10 bits per heavy atom. The Balaban J connectivity index is 1.84. The van der Waals surface area contributed by atoms with Crippen molar-refractivity contribution in [3.63, 3.8) is 0 Å². The van der Waals surface area contributed by atoms with E-state index in [4.69, 9.17) is 0 Å². The van der Waals surface area contributed by atoms with Crippen LogP contribution in [0.25, 0.3) is 21.5 Å². The van der Waals surface area contributed by atoms with E-state index in [9.17, 15) is 10.5 Å². The molecule has 0 aromatic heterocycles. The Bertz CT molecular complexity index is 1320. The van der Waals surface area contributed by atoms with Gasteiger partial charge >= 0.3 is 0 Å². The van der Waals surface area contributed by atoms with Gasteiger partial charge in [0.2, 0.25) is 0 Å². The Morgan fingerprint density at radius 1 is 0.621 bits per heavy atom. The highest BCUT2D eigenvalue weighted by Crippen LogP contribution is 2.54. The van der Waals surface area contributed by atoms with Crippen LogP contribution in [0.1, 0.15) is 46.2 Å². The molecule has 0 saturated heterocycles. The Hall–Kier alpha value is -3.62. The summed E-state index contributed by atoms with van der Waals surface area (Å²) >= 11 is 0. The second-order valence-electron chi connectivity index (χ2n) is 8.31. The summed E-state index contributed by atoms with van der Waals surface area (Å²) in [5, 5.41) is 24.9. The largest absolute Gasteiger partial charge is 0.192 e. The van der Waals surface area contributed by atoms with Crippen molar-refractivity contribution < 1.29 is 0 Å². The average molecular weight is 370 g/mol. The fourth-order valence-electron chi connectivity index (χ4n) is 5.95. The number of benzene rings is 4. The molecule has 2 aliphatic carbocycles. The van der Waals surface area contributed by atoms with Crippen LogP contribution in [-0.2, 0) is 18.3 Å². The third kappa shape index (κ3) is 1.99. The molecule has 29 heavy (non-hydrogen) atoms. The monoisotopic (exact) mass is 370 g/mol. The minimum atomic E-state index is -0.280. The molecular formula is C27H18N2. The number of nitriles is 2. The molecule has 1 spiro atoms. The van der Waals surface area contributed by atoms with Crippen LogP contribution in [0.5, 0.6) is 0 Å². The van der Waals surface area contributed by atoms with Crippen molar-refractivity contribution in [1.82, 2.24) is 0 Å². The molecule has 6 rings (SSSR count). The topological polar surface area (TPSA) is 47.6 Å². The number of rotatable bonds is 0. The van der Waals surface area contributed by atoms with Gasteiger partial charge in [-0.05, 0) is 81.6 Å². The molecule has 0 atom stereocenters. The lowest BCUT2D eigenvalue weighted by atomic mass is 9.58. The van der Waals surface area contributed by atoms with Crippen molar-refractivity contribution in [2.45, 2.75) is 31.1 Å². The van der Waals surface area contributed by atoms with Crippen LogP contribution in [0, 0.1) is 22.7 Å². The standard InChI is InChI=1S/C27H18N2/c28-15-21-9-7-17-3-1-5-19-11-13-27(25(21)23(17)19)14-12-20-6-2-4-18-8-10-22(16-29)26(27)24(18)20/h1-10H,11-14H2. The van der Waals surface area contributed by atoms with Crippen LogP contribution in [0.3, 0.4) is 0 Å². The third-order valence-electron chi connectivity index (χ3n) is 7.10. The van der Waals surface area contributed by atoms with Gasteiger partial charge in [-0.1, -0.05) is 48.5 Å². The van der Waals surface area contributed by atoms with E-state index < -0.39 is 0 Å². The van der Waals surface area contributed by atoms with Gasteiger partial charge in [-0.2, -0.15) is 10.5 Å². The van der Waals surface area contributed by atoms with E-state index in [0.717, 1.165) is 47.9 Å². The Morgan fingerprint density at radius 3 is 1.55 bits per heavy atom. The van der Waals surface area contributed by atoms with Crippen molar-refractivity contribution in [1.29, 1.82) is 10.5 Å². The molecule has 136 valence electrons. The van der Waals surface area contributed by atoms with Gasteiger partial charge in [-0.25, -0.2) is 0 Å². The van der Waals surface area contributed by atoms with Crippen LogP contribution in [0.15, 0.2) is 60.7 Å². The summed E-state index contributed by atoms with van der Waals surface area (Å²) in [6, 6.07) is 26.0. The molecule has 0 aliphatic heterocycles. The van der Waals surface area contributed by atoms with E-state index in [-0.39, 0.29) is 5.41 Å². The maximum Gasteiger partial charge on any atom is 0.0995 e. The summed E-state index contributed by atoms with van der Waals surface area (Å²) in [5.41, 5.74) is 6.18. The minimum Gasteiger partial charge on any atom is -0.192 e. The van der Waals surface area contributed by atoms with Gasteiger partial charge in [0.1, 0.15) is 0 Å². The van der Waals surface area contributed by atoms with Gasteiger partial charge < -0.3 is 0 Å². The first-order valence-corrected chi connectivity index (χ1v) is 10.2. The number of hydrogen-bond acceptors (Lipinski definition) is 2. The molecule has 0 amide bonds. The number of aryl methyl sites for hydroxylation is 2. The van der Waals surface area contributed by atoms with Gasteiger partial charge in [0.25, 0.3) is 0 Å². The third-order valence-corrected chi connectivity index (χ3v) is 7.10. The van der Waals surface area contributed by atoms with Gasteiger partial charge in [0.15, 0.2) is 0 Å². The molecule has 0 saturated carbocycles. The van der Waals surface area contributed by atoms with E-state index in [1.54, 1.807) is 0 Å². The molecule has 4 aromatic rings. The molecule has 0 unspecified atom stereocenters. The molecule has 0 radical (unpaired) electrons. The van der Waals surface area contributed by atoms with Crippen molar-refractivity contribution in [2.75, 3.05) is 0 Å². The first-order chi connectivity index (χ1) is 14.3. The zero-order valence-corrected chi connectivity index (χ0v) is 16.0. The van der Waals surface area contributed by atoms with Crippen molar-refractivity contribution in [3.05, 3.63) is 94.0 Å². The van der Waals surface area contributed by atoms with Gasteiger partial charge in [0.05, 0.1) is 23.3 Å². The van der Waals surface area contributed by atoms with E-state index in [1.807, 2.05) is 12.1 Å². The predicted octanol–water partition coefficient (Wildman–Crippen LogP) is 5.91. The predicted molar refractivity (Wildman–Crippen MR) is 115 cm³/mol. The minimum absolute atomic E-state index is 0.280. The van der Waals surface area contributed by atoms with Crippen molar-refractivity contribution >= 4 is 21.5 Å². The molecule has 0 N–H and O–H groups in total. The fraction of sp³-hybridized carbons (Fsp3) is 0.185. The second kappa shape index (κ2) is 5.69. The smallest absolute Gasteiger partial charge is 0.0995 e. The van der Waals surface area contributed by atoms with E-state index in [1.165, 1.54) is 32.7 Å². The molecule has 0 fully saturated rings. The van der Waals surface area contributed by atoms with E-state index >= 15 is 0 Å². The summed E-state index contributed by atoms with van der Waals surface area (Å²) in [4.78, 5) is 0. The highest BCUT2D eigenvalue weighted by atomic mass is 14.5. The zero-order valence-electron chi connectivity index (χ0n) is 16.0. The van der Waals surface area contributed by atoms with E-state index in [0.29, 0.717) is 0 Å². The molecule has 2 heteroatoms. The van der Waals surface area contributed by atoms with Gasteiger partial charge in [-0.15, -0.1) is 0 Å². The average Bonchev–Trinajstić information content (AvgIpc) is 2.78. The summed E-state index contributed by atoms with van der Waals surface area (Å²) in [6.45, 7) is 0. The van der Waals surface area contributed by atoms with Crippen molar-refractivity contribution in [2.24, 2.45) is 0 Å². The van der Waals surface area contributed by atoms with E-state index in [2.05, 4.69) is 60.7 Å².